The summed E-state index contributed by atoms with van der Waals surface area (Å²) in [6.07, 6.45) is 1.55. The van der Waals surface area contributed by atoms with Gasteiger partial charge in [0, 0.05) is 24.9 Å². The number of methoxy groups -OCH3 is 1. The summed E-state index contributed by atoms with van der Waals surface area (Å²) in [5.41, 5.74) is 5.95. The van der Waals surface area contributed by atoms with Crippen molar-refractivity contribution in [1.29, 1.82) is 5.41 Å². The van der Waals surface area contributed by atoms with Crippen molar-refractivity contribution in [2.75, 3.05) is 33.5 Å². The molecule has 0 saturated carbocycles. The van der Waals surface area contributed by atoms with E-state index in [0.29, 0.717) is 37.9 Å². The molecule has 1 aromatic rings. The number of hydrogen-bond donors (Lipinski definition) is 2. The number of aromatic nitrogens is 1. The van der Waals surface area contributed by atoms with Crippen molar-refractivity contribution in [3.05, 3.63) is 23.9 Å². The van der Waals surface area contributed by atoms with Crippen LogP contribution in [0.2, 0.25) is 0 Å². The Morgan fingerprint density at radius 2 is 2.12 bits per heavy atom. The fourth-order valence-electron chi connectivity index (χ4n) is 1.11. The Bertz CT molecular complexity index is 358. The Labute approximate surface area is 100 Å². The number of nitrogens with two attached hydrogens (primary N) is 1. The van der Waals surface area contributed by atoms with Gasteiger partial charge in [-0.15, -0.1) is 0 Å². The second-order valence-corrected chi connectivity index (χ2v) is 3.25. The molecule has 0 unspecified atom stereocenters. The number of nitrogens with one attached hydrogen (secondary N) is 1. The molecule has 0 aliphatic heterocycles. The van der Waals surface area contributed by atoms with Crippen LogP contribution >= 0.6 is 0 Å². The number of hydrogen-bond acceptors (Lipinski definition) is 5. The molecule has 0 saturated heterocycles. The zero-order chi connectivity index (χ0) is 12.5. The third-order valence-corrected chi connectivity index (χ3v) is 1.96. The van der Waals surface area contributed by atoms with E-state index in [-0.39, 0.29) is 5.84 Å². The first-order valence-corrected chi connectivity index (χ1v) is 5.24. The van der Waals surface area contributed by atoms with Gasteiger partial charge >= 0.3 is 0 Å². The molecular formula is C11H17N3O3. The summed E-state index contributed by atoms with van der Waals surface area (Å²) >= 11 is 0. The van der Waals surface area contributed by atoms with Crippen LogP contribution in [0, 0.1) is 5.41 Å². The summed E-state index contributed by atoms with van der Waals surface area (Å²) in [7, 11) is 1.62. The third-order valence-electron chi connectivity index (χ3n) is 1.96. The van der Waals surface area contributed by atoms with Crippen molar-refractivity contribution < 1.29 is 14.2 Å². The zero-order valence-corrected chi connectivity index (χ0v) is 9.81. The predicted octanol–water partition coefficient (Wildman–Crippen LogP) is 0.407. The van der Waals surface area contributed by atoms with E-state index in [0.717, 1.165) is 0 Å². The average molecular weight is 239 g/mol. The molecule has 0 atom stereocenters. The molecule has 17 heavy (non-hydrogen) atoms. The van der Waals surface area contributed by atoms with Crippen LogP contribution < -0.4 is 10.5 Å². The summed E-state index contributed by atoms with van der Waals surface area (Å²) in [4.78, 5) is 4.00. The van der Waals surface area contributed by atoms with E-state index in [4.69, 9.17) is 25.4 Å². The highest BCUT2D eigenvalue weighted by Crippen LogP contribution is 2.08. The smallest absolute Gasteiger partial charge is 0.213 e. The van der Waals surface area contributed by atoms with E-state index in [9.17, 15) is 0 Å². The first kappa shape index (κ1) is 13.4. The van der Waals surface area contributed by atoms with Gasteiger partial charge in [0.1, 0.15) is 12.4 Å². The summed E-state index contributed by atoms with van der Waals surface area (Å²) in [5.74, 6) is 0.432. The topological polar surface area (TPSA) is 90.5 Å². The second-order valence-electron chi connectivity index (χ2n) is 3.25. The van der Waals surface area contributed by atoms with Crippen molar-refractivity contribution >= 4 is 5.84 Å². The normalized spacial score (nSPS) is 10.2. The first-order chi connectivity index (χ1) is 8.24. The molecule has 1 aromatic heterocycles. The van der Waals surface area contributed by atoms with Crippen LogP contribution in [0.25, 0.3) is 0 Å². The van der Waals surface area contributed by atoms with Crippen molar-refractivity contribution in [1.82, 2.24) is 4.98 Å². The van der Waals surface area contributed by atoms with Crippen molar-refractivity contribution in [2.24, 2.45) is 5.73 Å². The van der Waals surface area contributed by atoms with Gasteiger partial charge in [-0.1, -0.05) is 0 Å². The number of amidine groups is 1. The molecule has 0 bridgehead atoms. The first-order valence-electron chi connectivity index (χ1n) is 5.24. The fraction of sp³-hybridized carbons (Fsp3) is 0.455. The Morgan fingerprint density at radius 1 is 1.35 bits per heavy atom. The Hall–Kier alpha value is -1.66. The van der Waals surface area contributed by atoms with Crippen LogP contribution in [0.1, 0.15) is 5.56 Å². The molecule has 0 aliphatic rings. The maximum atomic E-state index is 7.28. The number of nitrogens with zero attached hydrogens (tertiary/aromatic N) is 1. The van der Waals surface area contributed by atoms with Gasteiger partial charge < -0.3 is 19.9 Å². The lowest BCUT2D eigenvalue weighted by molar-refractivity contribution is 0.0537. The van der Waals surface area contributed by atoms with Gasteiger partial charge in [-0.25, -0.2) is 4.98 Å². The molecule has 1 heterocycles. The molecule has 6 heteroatoms. The lowest BCUT2D eigenvalue weighted by Gasteiger charge is -2.07. The SMILES string of the molecule is COCCOCCOc1cc(C(=N)N)ccn1. The van der Waals surface area contributed by atoms with Gasteiger partial charge in [-0.2, -0.15) is 0 Å². The van der Waals surface area contributed by atoms with E-state index in [1.165, 1.54) is 0 Å². The van der Waals surface area contributed by atoms with Gasteiger partial charge in [0.05, 0.1) is 19.8 Å². The molecule has 0 radical (unpaired) electrons. The van der Waals surface area contributed by atoms with Gasteiger partial charge in [-0.05, 0) is 6.07 Å². The molecule has 0 amide bonds. The number of pyridine rings is 1. The van der Waals surface area contributed by atoms with Gasteiger partial charge in [-0.3, -0.25) is 5.41 Å². The lowest BCUT2D eigenvalue weighted by Crippen LogP contribution is -2.13. The molecule has 94 valence electrons. The Morgan fingerprint density at radius 3 is 2.82 bits per heavy atom. The summed E-state index contributed by atoms with van der Waals surface area (Å²) < 4.78 is 15.4. The van der Waals surface area contributed by atoms with E-state index in [1.54, 1.807) is 25.4 Å². The largest absolute Gasteiger partial charge is 0.475 e. The minimum Gasteiger partial charge on any atom is -0.475 e. The molecule has 1 rings (SSSR count). The van der Waals surface area contributed by atoms with E-state index >= 15 is 0 Å². The van der Waals surface area contributed by atoms with Crippen LogP contribution in [-0.2, 0) is 9.47 Å². The average Bonchev–Trinajstić information content (AvgIpc) is 2.34. The van der Waals surface area contributed by atoms with Crippen LogP contribution in [0.4, 0.5) is 0 Å². The number of nitrogen functional groups attached to an aromatic ring is 1. The van der Waals surface area contributed by atoms with Crippen molar-refractivity contribution in [3.8, 4) is 5.88 Å². The van der Waals surface area contributed by atoms with Crippen LogP contribution in [0.15, 0.2) is 18.3 Å². The van der Waals surface area contributed by atoms with Crippen LogP contribution in [0.5, 0.6) is 5.88 Å². The van der Waals surface area contributed by atoms with E-state index in [2.05, 4.69) is 4.98 Å². The van der Waals surface area contributed by atoms with Gasteiger partial charge in [0.25, 0.3) is 0 Å². The second kappa shape index (κ2) is 7.59. The zero-order valence-electron chi connectivity index (χ0n) is 9.81. The lowest BCUT2D eigenvalue weighted by atomic mass is 10.2. The minimum absolute atomic E-state index is 0.00593. The van der Waals surface area contributed by atoms with E-state index in [1.807, 2.05) is 0 Å². The summed E-state index contributed by atoms with van der Waals surface area (Å²) in [5, 5.41) is 7.28. The van der Waals surface area contributed by atoms with Gasteiger partial charge in [0.2, 0.25) is 5.88 Å². The molecular weight excluding hydrogens is 222 g/mol. The molecule has 0 fully saturated rings. The molecule has 6 nitrogen and oxygen atoms in total. The predicted molar refractivity (Wildman–Crippen MR) is 63.4 cm³/mol. The third kappa shape index (κ3) is 5.28. The van der Waals surface area contributed by atoms with Gasteiger partial charge in [0.15, 0.2) is 0 Å². The summed E-state index contributed by atoms with van der Waals surface area (Å²) in [6, 6.07) is 3.28. The summed E-state index contributed by atoms with van der Waals surface area (Å²) in [6.45, 7) is 1.98. The molecule has 0 aliphatic carbocycles. The maximum absolute atomic E-state index is 7.28. The highest BCUT2D eigenvalue weighted by molar-refractivity contribution is 5.95. The number of rotatable bonds is 8. The maximum Gasteiger partial charge on any atom is 0.213 e. The Kier molecular flexibility index (Phi) is 5.98. The monoisotopic (exact) mass is 239 g/mol. The van der Waals surface area contributed by atoms with E-state index < -0.39 is 0 Å². The highest BCUT2D eigenvalue weighted by atomic mass is 16.5. The molecule has 0 aromatic carbocycles. The highest BCUT2D eigenvalue weighted by Gasteiger charge is 2.00. The Balaban J connectivity index is 2.27. The molecule has 0 spiro atoms. The minimum atomic E-state index is -0.00593. The molecule has 3 N–H and O–H groups in total. The van der Waals surface area contributed by atoms with Crippen molar-refractivity contribution in [3.63, 3.8) is 0 Å². The quantitative estimate of drug-likeness (QED) is 0.389. The number of ether oxygens (including phenoxy) is 3. The standard InChI is InChI=1S/C11H17N3O3/c1-15-4-5-16-6-7-17-10-8-9(11(12)13)2-3-14-10/h2-3,8H,4-7H2,1H3,(H3,12,13). The fourth-order valence-corrected chi connectivity index (χ4v) is 1.11. The van der Waals surface area contributed by atoms with Crippen LogP contribution in [-0.4, -0.2) is 44.4 Å². The van der Waals surface area contributed by atoms with Crippen molar-refractivity contribution in [2.45, 2.75) is 0 Å². The van der Waals surface area contributed by atoms with Crippen LogP contribution in [0.3, 0.4) is 0 Å².